The number of allylic oxidation sites excluding steroid dienone is 2. The summed E-state index contributed by atoms with van der Waals surface area (Å²) in [6.07, 6.45) is 7.71. The third kappa shape index (κ3) is 3.57. The van der Waals surface area contributed by atoms with Crippen LogP contribution in [0, 0.1) is 19.8 Å². The number of aryl methyl sites for hydroxylation is 1. The van der Waals surface area contributed by atoms with Gasteiger partial charge in [0.05, 0.1) is 40.7 Å². The van der Waals surface area contributed by atoms with Gasteiger partial charge in [-0.05, 0) is 31.9 Å². The van der Waals surface area contributed by atoms with Gasteiger partial charge in [0.1, 0.15) is 5.75 Å². The lowest BCUT2D eigenvalue weighted by Crippen LogP contribution is -2.16. The minimum absolute atomic E-state index is 0.00269. The SMILES string of the molecule is COc1c(C)cnc(CS(=O)c2nc3c(n2C(=O)O)C=CC(C)C=C3)c1C. The van der Waals surface area contributed by atoms with Gasteiger partial charge in [0.15, 0.2) is 0 Å². The zero-order chi connectivity index (χ0) is 19.7. The highest BCUT2D eigenvalue weighted by Gasteiger charge is 2.25. The van der Waals surface area contributed by atoms with Gasteiger partial charge in [0.2, 0.25) is 5.16 Å². The van der Waals surface area contributed by atoms with Crippen LogP contribution in [0.25, 0.3) is 12.2 Å². The van der Waals surface area contributed by atoms with E-state index in [2.05, 4.69) is 9.97 Å². The molecule has 0 bridgehead atoms. The lowest BCUT2D eigenvalue weighted by Gasteiger charge is -2.12. The summed E-state index contributed by atoms with van der Waals surface area (Å²) < 4.78 is 19.4. The van der Waals surface area contributed by atoms with Gasteiger partial charge in [0, 0.05) is 17.3 Å². The van der Waals surface area contributed by atoms with Crippen LogP contribution in [-0.4, -0.2) is 37.1 Å². The molecule has 0 aliphatic heterocycles. The molecule has 0 spiro atoms. The highest BCUT2D eigenvalue weighted by atomic mass is 32.2. The van der Waals surface area contributed by atoms with Crippen molar-refractivity contribution in [1.82, 2.24) is 14.5 Å². The topological polar surface area (TPSA) is 94.3 Å². The maximum atomic E-state index is 13.0. The van der Waals surface area contributed by atoms with E-state index in [-0.39, 0.29) is 16.8 Å². The molecule has 7 nitrogen and oxygen atoms in total. The van der Waals surface area contributed by atoms with Crippen molar-refractivity contribution >= 4 is 29.0 Å². The third-order valence-corrected chi connectivity index (χ3v) is 5.66. The number of carbonyl (C=O) groups is 1. The molecule has 2 heterocycles. The van der Waals surface area contributed by atoms with E-state index in [0.717, 1.165) is 15.7 Å². The van der Waals surface area contributed by atoms with E-state index in [1.165, 1.54) is 0 Å². The van der Waals surface area contributed by atoms with E-state index >= 15 is 0 Å². The smallest absolute Gasteiger partial charge is 0.418 e. The fraction of sp³-hybridized carbons (Fsp3) is 0.316. The van der Waals surface area contributed by atoms with Crippen LogP contribution in [0.3, 0.4) is 0 Å². The van der Waals surface area contributed by atoms with E-state index in [1.54, 1.807) is 25.5 Å². The van der Waals surface area contributed by atoms with Crippen LogP contribution in [0.1, 0.15) is 35.1 Å². The molecule has 0 fully saturated rings. The molecule has 3 rings (SSSR count). The predicted molar refractivity (Wildman–Crippen MR) is 103 cm³/mol. The summed E-state index contributed by atoms with van der Waals surface area (Å²) in [7, 11) is -0.114. The first-order chi connectivity index (χ1) is 12.8. The van der Waals surface area contributed by atoms with Gasteiger partial charge in [-0.1, -0.05) is 19.1 Å². The lowest BCUT2D eigenvalue weighted by atomic mass is 10.1. The molecular formula is C19H21N3O4S. The maximum Gasteiger partial charge on any atom is 0.418 e. The van der Waals surface area contributed by atoms with Crippen molar-refractivity contribution in [2.24, 2.45) is 5.92 Å². The van der Waals surface area contributed by atoms with Gasteiger partial charge in [-0.2, -0.15) is 0 Å². The number of nitrogens with zero attached hydrogens (tertiary/aromatic N) is 3. The van der Waals surface area contributed by atoms with Crippen molar-refractivity contribution in [1.29, 1.82) is 0 Å². The molecule has 1 aliphatic carbocycles. The monoisotopic (exact) mass is 387 g/mol. The van der Waals surface area contributed by atoms with Crippen molar-refractivity contribution < 1.29 is 18.8 Å². The van der Waals surface area contributed by atoms with Crippen LogP contribution < -0.4 is 4.74 Å². The van der Waals surface area contributed by atoms with Crippen LogP contribution in [0.15, 0.2) is 23.5 Å². The average molecular weight is 387 g/mol. The van der Waals surface area contributed by atoms with Gasteiger partial charge >= 0.3 is 6.09 Å². The molecule has 0 aromatic carbocycles. The van der Waals surface area contributed by atoms with Crippen LogP contribution in [0.2, 0.25) is 0 Å². The van der Waals surface area contributed by atoms with Gasteiger partial charge in [-0.15, -0.1) is 0 Å². The molecule has 27 heavy (non-hydrogen) atoms. The third-order valence-electron chi connectivity index (χ3n) is 4.44. The van der Waals surface area contributed by atoms with Crippen LogP contribution in [-0.2, 0) is 16.6 Å². The molecule has 2 atom stereocenters. The number of aromatic nitrogens is 3. The van der Waals surface area contributed by atoms with E-state index in [9.17, 15) is 14.1 Å². The van der Waals surface area contributed by atoms with E-state index in [4.69, 9.17) is 4.74 Å². The Morgan fingerprint density at radius 3 is 2.70 bits per heavy atom. The highest BCUT2D eigenvalue weighted by molar-refractivity contribution is 7.84. The van der Waals surface area contributed by atoms with Crippen LogP contribution in [0.5, 0.6) is 5.75 Å². The number of fused-ring (bicyclic) bond motifs is 1. The summed E-state index contributed by atoms with van der Waals surface area (Å²) in [5.74, 6) is 0.909. The quantitative estimate of drug-likeness (QED) is 0.864. The van der Waals surface area contributed by atoms with Gasteiger partial charge in [-0.25, -0.2) is 14.3 Å². The maximum absolute atomic E-state index is 13.0. The number of hydrogen-bond donors (Lipinski definition) is 1. The average Bonchev–Trinajstić information content (AvgIpc) is 2.90. The number of rotatable bonds is 4. The molecule has 0 saturated heterocycles. The lowest BCUT2D eigenvalue weighted by molar-refractivity contribution is 0.193. The summed E-state index contributed by atoms with van der Waals surface area (Å²) in [4.78, 5) is 20.5. The van der Waals surface area contributed by atoms with Crippen molar-refractivity contribution in [3.63, 3.8) is 0 Å². The number of pyridine rings is 1. The number of methoxy groups -OCH3 is 1. The fourth-order valence-corrected chi connectivity index (χ4v) is 4.25. The van der Waals surface area contributed by atoms with E-state index in [0.29, 0.717) is 22.8 Å². The molecule has 2 aromatic rings. The number of imidazole rings is 1. The number of ether oxygens (including phenoxy) is 1. The largest absolute Gasteiger partial charge is 0.496 e. The van der Waals surface area contributed by atoms with Gasteiger partial charge in [0.25, 0.3) is 0 Å². The normalized spacial score (nSPS) is 16.7. The first kappa shape index (κ1) is 19.0. The standard InChI is InChI=1S/C19H21N3O4S/c1-11-5-7-14-16(8-6-11)22(19(23)24)18(21-14)27(25)10-15-13(3)17(26-4)12(2)9-20-15/h5-9,11H,10H2,1-4H3,(H,23,24). The Labute approximate surface area is 159 Å². The Balaban J connectivity index is 2.02. The second-order valence-corrected chi connectivity index (χ2v) is 7.74. The molecule has 8 heteroatoms. The predicted octanol–water partition coefficient (Wildman–Crippen LogP) is 3.41. The zero-order valence-corrected chi connectivity index (χ0v) is 16.4. The van der Waals surface area contributed by atoms with Crippen molar-refractivity contribution in [3.05, 3.63) is 46.6 Å². The molecule has 1 aliphatic rings. The molecule has 142 valence electrons. The summed E-state index contributed by atoms with van der Waals surface area (Å²) in [5, 5.41) is 9.65. The number of hydrogen-bond acceptors (Lipinski definition) is 5. The molecule has 2 aromatic heterocycles. The van der Waals surface area contributed by atoms with Gasteiger partial charge < -0.3 is 9.84 Å². The van der Waals surface area contributed by atoms with Gasteiger partial charge in [-0.3, -0.25) is 9.19 Å². The van der Waals surface area contributed by atoms with Crippen LogP contribution in [0.4, 0.5) is 4.79 Å². The summed E-state index contributed by atoms with van der Waals surface area (Å²) in [6, 6.07) is 0. The molecule has 0 saturated carbocycles. The first-order valence-electron chi connectivity index (χ1n) is 8.43. The minimum atomic E-state index is -1.69. The summed E-state index contributed by atoms with van der Waals surface area (Å²) in [6.45, 7) is 5.72. The Bertz CT molecular complexity index is 991. The van der Waals surface area contributed by atoms with Crippen LogP contribution >= 0.6 is 0 Å². The summed E-state index contributed by atoms with van der Waals surface area (Å²) >= 11 is 0. The van der Waals surface area contributed by atoms with Crippen molar-refractivity contribution in [3.8, 4) is 5.75 Å². The fourth-order valence-electron chi connectivity index (χ4n) is 3.00. The Hall–Kier alpha value is -2.74. The zero-order valence-electron chi connectivity index (χ0n) is 15.6. The molecule has 1 N–H and O–H groups in total. The van der Waals surface area contributed by atoms with E-state index in [1.807, 2.05) is 32.9 Å². The Morgan fingerprint density at radius 1 is 1.33 bits per heavy atom. The van der Waals surface area contributed by atoms with Crippen molar-refractivity contribution in [2.45, 2.75) is 31.7 Å². The number of carboxylic acid groups (broad SMARTS) is 1. The second kappa shape index (κ2) is 7.48. The molecule has 0 radical (unpaired) electrons. The molecule has 0 amide bonds. The first-order valence-corrected chi connectivity index (χ1v) is 9.75. The summed E-state index contributed by atoms with van der Waals surface area (Å²) in [5.41, 5.74) is 3.16. The minimum Gasteiger partial charge on any atom is -0.496 e. The Morgan fingerprint density at radius 2 is 2.04 bits per heavy atom. The molecule has 2 unspecified atom stereocenters. The second-order valence-electron chi connectivity index (χ2n) is 6.40. The van der Waals surface area contributed by atoms with E-state index < -0.39 is 16.9 Å². The highest BCUT2D eigenvalue weighted by Crippen LogP contribution is 2.27. The van der Waals surface area contributed by atoms with Crippen molar-refractivity contribution in [2.75, 3.05) is 7.11 Å². The molecular weight excluding hydrogens is 366 g/mol. The Kier molecular flexibility index (Phi) is 5.27.